The van der Waals surface area contributed by atoms with Gasteiger partial charge in [-0.25, -0.2) is 0 Å². The van der Waals surface area contributed by atoms with E-state index in [-0.39, 0.29) is 18.2 Å². The van der Waals surface area contributed by atoms with E-state index in [2.05, 4.69) is 10.6 Å². The van der Waals surface area contributed by atoms with Gasteiger partial charge in [0.05, 0.1) is 6.54 Å². The zero-order valence-electron chi connectivity index (χ0n) is 14.5. The maximum absolute atomic E-state index is 12.1. The number of nitrogens with one attached hydrogen (secondary N) is 2. The van der Waals surface area contributed by atoms with Gasteiger partial charge in [0.1, 0.15) is 0 Å². The number of ketones is 1. The number of amides is 1. The standard InChI is InChI=1S/C20H24N2O2/c1-14-4-7-17(8-5-14)20(24)22-11-10-21-13-19(23)18-9-6-15(2)16(3)12-18/h4-9,12,21H,10-11,13H2,1-3H3,(H,22,24). The summed E-state index contributed by atoms with van der Waals surface area (Å²) in [5.41, 5.74) is 4.78. The molecular formula is C20H24N2O2. The van der Waals surface area contributed by atoms with Crippen LogP contribution < -0.4 is 10.6 Å². The number of rotatable bonds is 7. The summed E-state index contributed by atoms with van der Waals surface area (Å²) >= 11 is 0. The van der Waals surface area contributed by atoms with Gasteiger partial charge in [-0.1, -0.05) is 29.8 Å². The van der Waals surface area contributed by atoms with E-state index in [9.17, 15) is 9.59 Å². The molecule has 4 heteroatoms. The van der Waals surface area contributed by atoms with E-state index in [1.807, 2.05) is 51.1 Å². The summed E-state index contributed by atoms with van der Waals surface area (Å²) in [6.07, 6.45) is 0. The van der Waals surface area contributed by atoms with Crippen molar-refractivity contribution in [3.63, 3.8) is 0 Å². The molecule has 24 heavy (non-hydrogen) atoms. The van der Waals surface area contributed by atoms with Crippen molar-refractivity contribution >= 4 is 11.7 Å². The first-order chi connectivity index (χ1) is 11.5. The summed E-state index contributed by atoms with van der Waals surface area (Å²) in [5.74, 6) is -0.0414. The predicted octanol–water partition coefficient (Wildman–Crippen LogP) is 2.81. The van der Waals surface area contributed by atoms with Crippen LogP contribution in [0.3, 0.4) is 0 Å². The van der Waals surface area contributed by atoms with E-state index in [4.69, 9.17) is 0 Å². The SMILES string of the molecule is Cc1ccc(C(=O)NCCNCC(=O)c2ccc(C)c(C)c2)cc1. The normalized spacial score (nSPS) is 10.5. The monoisotopic (exact) mass is 324 g/mol. The lowest BCUT2D eigenvalue weighted by atomic mass is 10.0. The number of hydrogen-bond donors (Lipinski definition) is 2. The molecule has 0 radical (unpaired) electrons. The summed E-state index contributed by atoms with van der Waals surface area (Å²) in [4.78, 5) is 24.0. The van der Waals surface area contributed by atoms with Crippen LogP contribution in [-0.4, -0.2) is 31.3 Å². The highest BCUT2D eigenvalue weighted by Gasteiger charge is 2.07. The van der Waals surface area contributed by atoms with Gasteiger partial charge in [0.2, 0.25) is 0 Å². The van der Waals surface area contributed by atoms with Gasteiger partial charge in [0, 0.05) is 24.2 Å². The Bertz CT molecular complexity index is 721. The number of carbonyl (C=O) groups is 2. The second-order valence-electron chi connectivity index (χ2n) is 6.02. The lowest BCUT2D eigenvalue weighted by molar-refractivity contribution is 0.0954. The van der Waals surface area contributed by atoms with E-state index in [1.54, 1.807) is 12.1 Å². The summed E-state index contributed by atoms with van der Waals surface area (Å²) in [6, 6.07) is 13.2. The molecule has 126 valence electrons. The van der Waals surface area contributed by atoms with Crippen molar-refractivity contribution in [1.29, 1.82) is 0 Å². The van der Waals surface area contributed by atoms with Gasteiger partial charge in [-0.2, -0.15) is 0 Å². The van der Waals surface area contributed by atoms with Crippen molar-refractivity contribution in [2.24, 2.45) is 0 Å². The number of Topliss-reactive ketones (excluding diaryl/α,β-unsaturated/α-hetero) is 1. The third-order valence-corrected chi connectivity index (χ3v) is 4.02. The summed E-state index contributed by atoms with van der Waals surface area (Å²) in [5, 5.41) is 5.91. The van der Waals surface area contributed by atoms with Crippen LogP contribution in [0.1, 0.15) is 37.4 Å². The molecule has 2 aromatic rings. The van der Waals surface area contributed by atoms with E-state index in [0.29, 0.717) is 24.2 Å². The molecule has 0 aliphatic carbocycles. The minimum Gasteiger partial charge on any atom is -0.351 e. The Hall–Kier alpha value is -2.46. The molecule has 0 saturated carbocycles. The van der Waals surface area contributed by atoms with Crippen LogP contribution in [0.5, 0.6) is 0 Å². The average Bonchev–Trinajstić information content (AvgIpc) is 2.57. The highest BCUT2D eigenvalue weighted by Crippen LogP contribution is 2.10. The van der Waals surface area contributed by atoms with E-state index < -0.39 is 0 Å². The quantitative estimate of drug-likeness (QED) is 0.608. The highest BCUT2D eigenvalue weighted by molar-refractivity contribution is 5.97. The molecule has 0 atom stereocenters. The Labute approximate surface area is 143 Å². The summed E-state index contributed by atoms with van der Waals surface area (Å²) in [6.45, 7) is 7.31. The van der Waals surface area contributed by atoms with E-state index >= 15 is 0 Å². The molecule has 0 aliphatic heterocycles. The number of hydrogen-bond acceptors (Lipinski definition) is 3. The van der Waals surface area contributed by atoms with Gasteiger partial charge in [0.25, 0.3) is 5.91 Å². The molecule has 0 aromatic heterocycles. The number of aryl methyl sites for hydroxylation is 3. The van der Waals surface area contributed by atoms with E-state index in [1.165, 1.54) is 5.56 Å². The maximum Gasteiger partial charge on any atom is 0.251 e. The van der Waals surface area contributed by atoms with E-state index in [0.717, 1.165) is 11.1 Å². The molecule has 0 fully saturated rings. The zero-order valence-corrected chi connectivity index (χ0v) is 14.5. The maximum atomic E-state index is 12.1. The molecule has 2 aromatic carbocycles. The fourth-order valence-corrected chi connectivity index (χ4v) is 2.29. The smallest absolute Gasteiger partial charge is 0.251 e. The molecule has 1 amide bonds. The summed E-state index contributed by atoms with van der Waals surface area (Å²) < 4.78 is 0. The lowest BCUT2D eigenvalue weighted by Crippen LogP contribution is -2.34. The minimum absolute atomic E-state index is 0.0583. The second kappa shape index (κ2) is 8.41. The Morgan fingerprint density at radius 2 is 1.50 bits per heavy atom. The number of benzene rings is 2. The third-order valence-electron chi connectivity index (χ3n) is 4.02. The van der Waals surface area contributed by atoms with Crippen LogP contribution >= 0.6 is 0 Å². The van der Waals surface area contributed by atoms with Crippen molar-refractivity contribution in [3.05, 3.63) is 70.3 Å². The van der Waals surface area contributed by atoms with Gasteiger partial charge < -0.3 is 10.6 Å². The molecule has 0 saturated heterocycles. The predicted molar refractivity (Wildman–Crippen MR) is 96.6 cm³/mol. The van der Waals surface area contributed by atoms with Crippen molar-refractivity contribution < 1.29 is 9.59 Å². The van der Waals surface area contributed by atoms with Crippen LogP contribution in [-0.2, 0) is 0 Å². The molecule has 2 rings (SSSR count). The zero-order chi connectivity index (χ0) is 17.5. The fourth-order valence-electron chi connectivity index (χ4n) is 2.29. The van der Waals surface area contributed by atoms with Crippen molar-refractivity contribution in [2.75, 3.05) is 19.6 Å². The van der Waals surface area contributed by atoms with Crippen molar-refractivity contribution in [3.8, 4) is 0 Å². The molecule has 2 N–H and O–H groups in total. The Balaban J connectivity index is 1.70. The minimum atomic E-state index is -0.0997. The van der Waals surface area contributed by atoms with Crippen molar-refractivity contribution in [1.82, 2.24) is 10.6 Å². The van der Waals surface area contributed by atoms with Gasteiger partial charge in [0.15, 0.2) is 5.78 Å². The molecule has 0 aliphatic rings. The molecular weight excluding hydrogens is 300 g/mol. The number of carbonyl (C=O) groups excluding carboxylic acids is 2. The van der Waals surface area contributed by atoms with Crippen LogP contribution in [0.4, 0.5) is 0 Å². The van der Waals surface area contributed by atoms with Gasteiger partial charge >= 0.3 is 0 Å². The topological polar surface area (TPSA) is 58.2 Å². The largest absolute Gasteiger partial charge is 0.351 e. The highest BCUT2D eigenvalue weighted by atomic mass is 16.1. The lowest BCUT2D eigenvalue weighted by Gasteiger charge is -2.08. The Morgan fingerprint density at radius 3 is 2.17 bits per heavy atom. The Kier molecular flexibility index (Phi) is 6.27. The van der Waals surface area contributed by atoms with Crippen molar-refractivity contribution in [2.45, 2.75) is 20.8 Å². The molecule has 0 heterocycles. The average molecular weight is 324 g/mol. The summed E-state index contributed by atoms with van der Waals surface area (Å²) in [7, 11) is 0. The molecule has 0 bridgehead atoms. The van der Waals surface area contributed by atoms with Gasteiger partial charge in [-0.3, -0.25) is 9.59 Å². The van der Waals surface area contributed by atoms with Gasteiger partial charge in [-0.15, -0.1) is 0 Å². The fraction of sp³-hybridized carbons (Fsp3) is 0.300. The van der Waals surface area contributed by atoms with Crippen LogP contribution in [0.2, 0.25) is 0 Å². The molecule has 0 spiro atoms. The van der Waals surface area contributed by atoms with Crippen LogP contribution in [0.25, 0.3) is 0 Å². The van der Waals surface area contributed by atoms with Crippen LogP contribution in [0.15, 0.2) is 42.5 Å². The van der Waals surface area contributed by atoms with Gasteiger partial charge in [-0.05, 0) is 50.1 Å². The molecule has 4 nitrogen and oxygen atoms in total. The first-order valence-electron chi connectivity index (χ1n) is 8.13. The Morgan fingerprint density at radius 1 is 0.833 bits per heavy atom. The van der Waals surface area contributed by atoms with Crippen LogP contribution in [0, 0.1) is 20.8 Å². The first-order valence-corrected chi connectivity index (χ1v) is 8.13. The third kappa shape index (κ3) is 5.03. The second-order valence-corrected chi connectivity index (χ2v) is 6.02. The molecule has 0 unspecified atom stereocenters. The first kappa shape index (κ1) is 17.9.